The van der Waals surface area contributed by atoms with E-state index in [1.807, 2.05) is 4.90 Å². The Morgan fingerprint density at radius 2 is 2.08 bits per heavy atom. The summed E-state index contributed by atoms with van der Waals surface area (Å²) in [5.41, 5.74) is 1.91. The molecule has 1 aromatic heterocycles. The van der Waals surface area contributed by atoms with E-state index in [0.29, 0.717) is 26.1 Å². The summed E-state index contributed by atoms with van der Waals surface area (Å²) in [6, 6.07) is 6.31. The van der Waals surface area contributed by atoms with Gasteiger partial charge in [0.05, 0.1) is 18.2 Å². The molecule has 7 heteroatoms. The molecule has 0 unspecified atom stereocenters. The fourth-order valence-electron chi connectivity index (χ4n) is 3.39. The van der Waals surface area contributed by atoms with Gasteiger partial charge < -0.3 is 9.80 Å². The number of hydrogen-bond acceptors (Lipinski definition) is 4. The van der Waals surface area contributed by atoms with Gasteiger partial charge in [0.15, 0.2) is 0 Å². The van der Waals surface area contributed by atoms with E-state index in [-0.39, 0.29) is 23.5 Å². The summed E-state index contributed by atoms with van der Waals surface area (Å²) in [5.74, 6) is -0.408. The lowest BCUT2D eigenvalue weighted by molar-refractivity contribution is -0.136. The Balaban J connectivity index is 1.51. The van der Waals surface area contributed by atoms with Crippen molar-refractivity contribution in [2.45, 2.75) is 19.4 Å². The van der Waals surface area contributed by atoms with Gasteiger partial charge in [0.2, 0.25) is 11.8 Å². The topological polar surface area (TPSA) is 53.5 Å². The van der Waals surface area contributed by atoms with E-state index < -0.39 is 0 Å². The maximum Gasteiger partial charge on any atom is 0.228 e. The highest BCUT2D eigenvalue weighted by molar-refractivity contribution is 7.15. The maximum atomic E-state index is 13.1. The summed E-state index contributed by atoms with van der Waals surface area (Å²) in [4.78, 5) is 33.6. The number of amides is 2. The summed E-state index contributed by atoms with van der Waals surface area (Å²) in [7, 11) is 1.74. The summed E-state index contributed by atoms with van der Waals surface area (Å²) in [6.07, 6.45) is 1.03. The smallest absolute Gasteiger partial charge is 0.228 e. The molecule has 2 aliphatic rings. The zero-order chi connectivity index (χ0) is 17.6. The van der Waals surface area contributed by atoms with Crippen LogP contribution in [0.4, 0.5) is 4.39 Å². The van der Waals surface area contributed by atoms with Crippen LogP contribution in [0.2, 0.25) is 0 Å². The molecular weight excluding hydrogens is 341 g/mol. The molecule has 0 N–H and O–H groups in total. The van der Waals surface area contributed by atoms with Crippen LogP contribution in [0.15, 0.2) is 24.3 Å². The normalized spacial score (nSPS) is 20.1. The fraction of sp³-hybridized carbons (Fsp3) is 0.389. The summed E-state index contributed by atoms with van der Waals surface area (Å²) in [6.45, 7) is 1.68. The van der Waals surface area contributed by atoms with Gasteiger partial charge >= 0.3 is 0 Å². The highest BCUT2D eigenvalue weighted by atomic mass is 32.1. The lowest BCUT2D eigenvalue weighted by atomic mass is 10.1. The Labute approximate surface area is 149 Å². The molecule has 0 bridgehead atoms. The van der Waals surface area contributed by atoms with Gasteiger partial charge in [-0.1, -0.05) is 0 Å². The second-order valence-corrected chi connectivity index (χ2v) is 7.66. The van der Waals surface area contributed by atoms with Gasteiger partial charge in [-0.25, -0.2) is 9.37 Å². The number of carbonyl (C=O) groups is 2. The first-order valence-electron chi connectivity index (χ1n) is 8.28. The quantitative estimate of drug-likeness (QED) is 0.827. The Kier molecular flexibility index (Phi) is 4.03. The molecule has 130 valence electrons. The van der Waals surface area contributed by atoms with Gasteiger partial charge in [0.25, 0.3) is 0 Å². The first kappa shape index (κ1) is 16.2. The van der Waals surface area contributed by atoms with E-state index in [4.69, 9.17) is 0 Å². The minimum Gasteiger partial charge on any atom is -0.345 e. The van der Waals surface area contributed by atoms with Crippen LogP contribution in [-0.4, -0.2) is 46.7 Å². The Hall–Kier alpha value is -2.28. The van der Waals surface area contributed by atoms with Crippen molar-refractivity contribution in [3.63, 3.8) is 0 Å². The average molecular weight is 359 g/mol. The SMILES string of the molecule is CN1C[C@H](C(=O)N2CCc3nc(-c4ccc(F)cc4)sc3C2)CC1=O. The van der Waals surface area contributed by atoms with Gasteiger partial charge in [0.1, 0.15) is 10.8 Å². The third-order valence-corrected chi connectivity index (χ3v) is 5.96. The summed E-state index contributed by atoms with van der Waals surface area (Å²) < 4.78 is 13.1. The van der Waals surface area contributed by atoms with Gasteiger partial charge in [0, 0.05) is 43.4 Å². The fourth-order valence-corrected chi connectivity index (χ4v) is 4.52. The number of rotatable bonds is 2. The van der Waals surface area contributed by atoms with Gasteiger partial charge in [-0.05, 0) is 24.3 Å². The largest absolute Gasteiger partial charge is 0.345 e. The summed E-state index contributed by atoms with van der Waals surface area (Å²) >= 11 is 1.55. The number of hydrogen-bond donors (Lipinski definition) is 0. The predicted octanol–water partition coefficient (Wildman–Crippen LogP) is 2.31. The third kappa shape index (κ3) is 3.04. The number of thiazole rings is 1. The number of fused-ring (bicyclic) bond motifs is 1. The highest BCUT2D eigenvalue weighted by Crippen LogP contribution is 2.32. The number of nitrogens with zero attached hydrogens (tertiary/aromatic N) is 3. The first-order chi connectivity index (χ1) is 12.0. The van der Waals surface area contributed by atoms with Crippen molar-refractivity contribution < 1.29 is 14.0 Å². The Morgan fingerprint density at radius 1 is 1.32 bits per heavy atom. The van der Waals surface area contributed by atoms with E-state index in [0.717, 1.165) is 27.6 Å². The van der Waals surface area contributed by atoms with Crippen molar-refractivity contribution in [3.8, 4) is 10.6 Å². The van der Waals surface area contributed by atoms with Gasteiger partial charge in [-0.15, -0.1) is 11.3 Å². The van der Waals surface area contributed by atoms with Crippen LogP contribution in [0.5, 0.6) is 0 Å². The molecular formula is C18H18FN3O2S. The van der Waals surface area contributed by atoms with Crippen LogP contribution in [0, 0.1) is 11.7 Å². The van der Waals surface area contributed by atoms with Crippen LogP contribution in [-0.2, 0) is 22.6 Å². The van der Waals surface area contributed by atoms with E-state index >= 15 is 0 Å². The molecule has 0 radical (unpaired) electrons. The zero-order valence-electron chi connectivity index (χ0n) is 13.9. The van der Waals surface area contributed by atoms with Crippen LogP contribution in [0.3, 0.4) is 0 Å². The number of carbonyl (C=O) groups excluding carboxylic acids is 2. The minimum atomic E-state index is -0.266. The number of benzene rings is 1. The van der Waals surface area contributed by atoms with Gasteiger partial charge in [-0.2, -0.15) is 0 Å². The zero-order valence-corrected chi connectivity index (χ0v) is 14.7. The Morgan fingerprint density at radius 3 is 2.76 bits per heavy atom. The molecule has 25 heavy (non-hydrogen) atoms. The minimum absolute atomic E-state index is 0.0347. The van der Waals surface area contributed by atoms with Crippen LogP contribution in [0.25, 0.3) is 10.6 Å². The second kappa shape index (κ2) is 6.22. The number of halogens is 1. The standard InChI is InChI=1S/C18H18FN3O2S/c1-21-9-12(8-16(21)23)18(24)22-7-6-14-15(10-22)25-17(20-14)11-2-4-13(19)5-3-11/h2-5,12H,6-10H2,1H3/t12-/m1/s1. The van der Waals surface area contributed by atoms with Crippen molar-refractivity contribution in [1.82, 2.24) is 14.8 Å². The van der Waals surface area contributed by atoms with Crippen molar-refractivity contribution in [2.24, 2.45) is 5.92 Å². The van der Waals surface area contributed by atoms with Gasteiger partial charge in [-0.3, -0.25) is 9.59 Å². The molecule has 0 spiro atoms. The van der Waals surface area contributed by atoms with E-state index in [1.54, 1.807) is 35.4 Å². The van der Waals surface area contributed by atoms with Crippen molar-refractivity contribution in [1.29, 1.82) is 0 Å². The molecule has 0 saturated carbocycles. The molecule has 0 aliphatic carbocycles. The maximum absolute atomic E-state index is 13.1. The van der Waals surface area contributed by atoms with Crippen LogP contribution in [0.1, 0.15) is 17.0 Å². The number of likely N-dealkylation sites (tertiary alicyclic amines) is 1. The lowest BCUT2D eigenvalue weighted by Crippen LogP contribution is -2.40. The Bertz CT molecular complexity index is 833. The molecule has 2 aromatic rings. The second-order valence-electron chi connectivity index (χ2n) is 6.58. The van der Waals surface area contributed by atoms with Crippen LogP contribution >= 0.6 is 11.3 Å². The molecule has 2 amide bonds. The monoisotopic (exact) mass is 359 g/mol. The predicted molar refractivity (Wildman–Crippen MR) is 92.4 cm³/mol. The average Bonchev–Trinajstić information content (AvgIpc) is 3.18. The van der Waals surface area contributed by atoms with Crippen molar-refractivity contribution in [3.05, 3.63) is 40.7 Å². The van der Waals surface area contributed by atoms with Crippen LogP contribution < -0.4 is 0 Å². The molecule has 1 saturated heterocycles. The molecule has 1 aromatic carbocycles. The van der Waals surface area contributed by atoms with E-state index in [1.165, 1.54) is 12.1 Å². The van der Waals surface area contributed by atoms with Crippen molar-refractivity contribution in [2.75, 3.05) is 20.1 Å². The molecule has 2 aliphatic heterocycles. The van der Waals surface area contributed by atoms with Crippen molar-refractivity contribution >= 4 is 23.2 Å². The summed E-state index contributed by atoms with van der Waals surface area (Å²) in [5, 5.41) is 0.857. The lowest BCUT2D eigenvalue weighted by Gasteiger charge is -2.28. The molecule has 1 atom stereocenters. The first-order valence-corrected chi connectivity index (χ1v) is 9.10. The molecule has 4 rings (SSSR count). The van der Waals surface area contributed by atoms with E-state index in [9.17, 15) is 14.0 Å². The third-order valence-electron chi connectivity index (χ3n) is 4.82. The molecule has 1 fully saturated rings. The highest BCUT2D eigenvalue weighted by Gasteiger charge is 2.36. The van der Waals surface area contributed by atoms with E-state index in [2.05, 4.69) is 4.98 Å². The molecule has 5 nitrogen and oxygen atoms in total. The number of aromatic nitrogens is 1. The molecule has 3 heterocycles.